The van der Waals surface area contributed by atoms with Crippen molar-refractivity contribution in [2.75, 3.05) is 6.54 Å². The van der Waals surface area contributed by atoms with E-state index in [9.17, 15) is 4.79 Å². The Hall–Kier alpha value is -1.73. The Morgan fingerprint density at radius 2 is 2.42 bits per heavy atom. The molecule has 19 heavy (non-hydrogen) atoms. The maximum atomic E-state index is 11.9. The van der Waals surface area contributed by atoms with Gasteiger partial charge in [0.1, 0.15) is 6.04 Å². The Balaban J connectivity index is 1.81. The van der Waals surface area contributed by atoms with Gasteiger partial charge in [-0.15, -0.1) is 11.3 Å². The largest absolute Gasteiger partial charge is 0.354 e. The minimum atomic E-state index is -0.674. The van der Waals surface area contributed by atoms with Crippen LogP contribution in [0.5, 0.6) is 0 Å². The van der Waals surface area contributed by atoms with Gasteiger partial charge in [0.2, 0.25) is 5.91 Å². The first-order valence-corrected chi connectivity index (χ1v) is 6.87. The van der Waals surface area contributed by atoms with Crippen molar-refractivity contribution < 1.29 is 4.79 Å². The number of nitrogens with two attached hydrogens (primary N) is 1. The molecule has 0 fully saturated rings. The molecule has 2 rings (SSSR count). The van der Waals surface area contributed by atoms with Gasteiger partial charge in [-0.05, 0) is 6.92 Å². The van der Waals surface area contributed by atoms with Crippen molar-refractivity contribution in [1.29, 1.82) is 0 Å². The summed E-state index contributed by atoms with van der Waals surface area (Å²) in [5, 5.41) is 9.83. The second-order valence-corrected chi connectivity index (χ2v) is 5.29. The smallest absolute Gasteiger partial charge is 0.241 e. The summed E-state index contributed by atoms with van der Waals surface area (Å²) in [4.78, 5) is 16.2. The van der Waals surface area contributed by atoms with E-state index >= 15 is 0 Å². The van der Waals surface area contributed by atoms with Crippen LogP contribution in [0, 0.1) is 6.92 Å². The predicted octanol–water partition coefficient (Wildman–Crippen LogP) is 0.544. The lowest BCUT2D eigenvalue weighted by atomic mass is 10.1. The van der Waals surface area contributed by atoms with Gasteiger partial charge in [0.05, 0.1) is 11.2 Å². The Morgan fingerprint density at radius 1 is 1.63 bits per heavy atom. The number of hydrogen-bond donors (Lipinski definition) is 2. The summed E-state index contributed by atoms with van der Waals surface area (Å²) < 4.78 is 1.63. The first-order valence-electron chi connectivity index (χ1n) is 5.99. The standard InChI is InChI=1S/C12H17N5OS/c1-8-7-19-10(16-8)3-4-14-12(18)11(13)9-5-15-17(2)6-9/h5-7,11H,3-4,13H2,1-2H3,(H,14,18). The zero-order chi connectivity index (χ0) is 13.8. The quantitative estimate of drug-likeness (QED) is 0.836. The molecule has 3 N–H and O–H groups in total. The van der Waals surface area contributed by atoms with E-state index in [1.54, 1.807) is 35.5 Å². The van der Waals surface area contributed by atoms with Crippen LogP contribution in [-0.4, -0.2) is 27.2 Å². The molecule has 0 saturated carbocycles. The molecule has 1 atom stereocenters. The van der Waals surface area contributed by atoms with Gasteiger partial charge in [0.25, 0.3) is 0 Å². The molecule has 0 aliphatic carbocycles. The molecule has 102 valence electrons. The molecule has 1 amide bonds. The highest BCUT2D eigenvalue weighted by atomic mass is 32.1. The van der Waals surface area contributed by atoms with E-state index in [1.165, 1.54) is 0 Å². The van der Waals surface area contributed by atoms with E-state index in [2.05, 4.69) is 15.4 Å². The first-order chi connectivity index (χ1) is 9.06. The Kier molecular flexibility index (Phi) is 4.28. The lowest BCUT2D eigenvalue weighted by molar-refractivity contribution is -0.122. The first kappa shape index (κ1) is 13.7. The van der Waals surface area contributed by atoms with Crippen LogP contribution in [0.4, 0.5) is 0 Å². The third kappa shape index (κ3) is 3.62. The zero-order valence-corrected chi connectivity index (χ0v) is 11.8. The van der Waals surface area contributed by atoms with Crippen molar-refractivity contribution in [2.45, 2.75) is 19.4 Å². The lowest BCUT2D eigenvalue weighted by Crippen LogP contribution is -2.35. The second kappa shape index (κ2) is 5.94. The van der Waals surface area contributed by atoms with Crippen molar-refractivity contribution >= 4 is 17.2 Å². The minimum Gasteiger partial charge on any atom is -0.354 e. The monoisotopic (exact) mass is 279 g/mol. The van der Waals surface area contributed by atoms with Gasteiger partial charge in [0, 0.05) is 42.8 Å². The predicted molar refractivity (Wildman–Crippen MR) is 73.7 cm³/mol. The van der Waals surface area contributed by atoms with Gasteiger partial charge >= 0.3 is 0 Å². The molecule has 2 aromatic heterocycles. The van der Waals surface area contributed by atoms with E-state index in [1.807, 2.05) is 12.3 Å². The summed E-state index contributed by atoms with van der Waals surface area (Å²) >= 11 is 1.60. The van der Waals surface area contributed by atoms with Gasteiger partial charge in [-0.2, -0.15) is 5.10 Å². The molecule has 1 unspecified atom stereocenters. The average Bonchev–Trinajstić information content (AvgIpc) is 2.97. The highest BCUT2D eigenvalue weighted by Crippen LogP contribution is 2.10. The number of thiazole rings is 1. The number of aromatic nitrogens is 3. The van der Waals surface area contributed by atoms with Crippen molar-refractivity contribution in [1.82, 2.24) is 20.1 Å². The third-order valence-corrected chi connectivity index (χ3v) is 3.70. The van der Waals surface area contributed by atoms with E-state index in [-0.39, 0.29) is 5.91 Å². The number of amides is 1. The van der Waals surface area contributed by atoms with Crippen LogP contribution in [0.15, 0.2) is 17.8 Å². The highest BCUT2D eigenvalue weighted by Gasteiger charge is 2.16. The number of carbonyl (C=O) groups is 1. The summed E-state index contributed by atoms with van der Waals surface area (Å²) in [7, 11) is 1.79. The molecule has 2 heterocycles. The third-order valence-electron chi connectivity index (χ3n) is 2.67. The van der Waals surface area contributed by atoms with Crippen LogP contribution in [0.3, 0.4) is 0 Å². The van der Waals surface area contributed by atoms with Crippen molar-refractivity contribution in [2.24, 2.45) is 12.8 Å². The van der Waals surface area contributed by atoms with Crippen LogP contribution in [0.25, 0.3) is 0 Å². The van der Waals surface area contributed by atoms with Gasteiger partial charge in [-0.3, -0.25) is 9.48 Å². The number of rotatable bonds is 5. The summed E-state index contributed by atoms with van der Waals surface area (Å²) in [6, 6.07) is -0.674. The molecule has 0 spiro atoms. The molecule has 0 aliphatic heterocycles. The van der Waals surface area contributed by atoms with Gasteiger partial charge in [0.15, 0.2) is 0 Å². The van der Waals surface area contributed by atoms with Gasteiger partial charge < -0.3 is 11.1 Å². The summed E-state index contributed by atoms with van der Waals surface area (Å²) in [6.45, 7) is 2.50. The summed E-state index contributed by atoms with van der Waals surface area (Å²) in [5.41, 5.74) is 7.58. The molecule has 6 nitrogen and oxygen atoms in total. The number of nitrogens with one attached hydrogen (secondary N) is 1. The van der Waals surface area contributed by atoms with Crippen LogP contribution < -0.4 is 11.1 Å². The summed E-state index contributed by atoms with van der Waals surface area (Å²) in [5.74, 6) is -0.193. The number of hydrogen-bond acceptors (Lipinski definition) is 5. The van der Waals surface area contributed by atoms with E-state index < -0.39 is 6.04 Å². The molecule has 0 aliphatic rings. The second-order valence-electron chi connectivity index (χ2n) is 4.35. The zero-order valence-electron chi connectivity index (χ0n) is 11.0. The maximum absolute atomic E-state index is 11.9. The van der Waals surface area contributed by atoms with E-state index in [4.69, 9.17) is 5.73 Å². The fraction of sp³-hybridized carbons (Fsp3) is 0.417. The van der Waals surface area contributed by atoms with Crippen LogP contribution in [0.1, 0.15) is 22.3 Å². The molecule has 7 heteroatoms. The van der Waals surface area contributed by atoms with Crippen LogP contribution >= 0.6 is 11.3 Å². The number of carbonyl (C=O) groups excluding carboxylic acids is 1. The SMILES string of the molecule is Cc1csc(CCNC(=O)C(N)c2cnn(C)c2)n1. The van der Waals surface area contributed by atoms with Gasteiger partial charge in [-0.1, -0.05) is 0 Å². The molecule has 0 aromatic carbocycles. The number of nitrogens with zero attached hydrogens (tertiary/aromatic N) is 3. The molecule has 2 aromatic rings. The molecular formula is C12H17N5OS. The molecule has 0 saturated heterocycles. The normalized spacial score (nSPS) is 12.4. The lowest BCUT2D eigenvalue weighted by Gasteiger charge is -2.09. The van der Waals surface area contributed by atoms with E-state index in [0.29, 0.717) is 12.1 Å². The number of aryl methyl sites for hydroxylation is 2. The maximum Gasteiger partial charge on any atom is 0.241 e. The highest BCUT2D eigenvalue weighted by molar-refractivity contribution is 7.09. The average molecular weight is 279 g/mol. The van der Waals surface area contributed by atoms with Crippen molar-refractivity contribution in [3.05, 3.63) is 34.0 Å². The molecular weight excluding hydrogens is 262 g/mol. The van der Waals surface area contributed by atoms with Crippen molar-refractivity contribution in [3.8, 4) is 0 Å². The Morgan fingerprint density at radius 3 is 3.00 bits per heavy atom. The van der Waals surface area contributed by atoms with Gasteiger partial charge in [-0.25, -0.2) is 4.98 Å². The Labute approximate surface area is 115 Å². The summed E-state index contributed by atoms with van der Waals surface area (Å²) in [6.07, 6.45) is 4.08. The van der Waals surface area contributed by atoms with Crippen molar-refractivity contribution in [3.63, 3.8) is 0 Å². The van der Waals surface area contributed by atoms with E-state index in [0.717, 1.165) is 17.1 Å². The topological polar surface area (TPSA) is 85.8 Å². The minimum absolute atomic E-state index is 0.193. The molecule has 0 bridgehead atoms. The fourth-order valence-corrected chi connectivity index (χ4v) is 2.45. The molecule has 0 radical (unpaired) electrons. The Bertz CT molecular complexity index is 562. The fourth-order valence-electron chi connectivity index (χ4n) is 1.67. The van der Waals surface area contributed by atoms with Crippen LogP contribution in [0.2, 0.25) is 0 Å². The van der Waals surface area contributed by atoms with Crippen LogP contribution in [-0.2, 0) is 18.3 Å².